The maximum Gasteiger partial charge on any atom is 0.418 e. The molecular formula is C18H20F3N2O2S+. The molecule has 1 unspecified atom stereocenters. The number of carbonyl (C=O) groups excluding carboxylic acids is 1. The van der Waals surface area contributed by atoms with E-state index in [1.54, 1.807) is 20.8 Å². The molecule has 0 amide bonds. The van der Waals surface area contributed by atoms with Crippen LogP contribution in [0.5, 0.6) is 0 Å². The molecule has 2 atom stereocenters. The van der Waals surface area contributed by atoms with Crippen LogP contribution in [0.2, 0.25) is 0 Å². The Morgan fingerprint density at radius 1 is 1.12 bits per heavy atom. The molecule has 0 fully saturated rings. The summed E-state index contributed by atoms with van der Waals surface area (Å²) >= 11 is 0. The van der Waals surface area contributed by atoms with Gasteiger partial charge in [-0.2, -0.15) is 13.2 Å². The van der Waals surface area contributed by atoms with Gasteiger partial charge in [0.05, 0.1) is 11.3 Å². The van der Waals surface area contributed by atoms with Crippen molar-refractivity contribution in [3.05, 3.63) is 65.0 Å². The number of rotatable bonds is 5. The second kappa shape index (κ2) is 7.67. The maximum atomic E-state index is 13.4. The van der Waals surface area contributed by atoms with E-state index in [9.17, 15) is 22.2 Å². The number of nitrogens with zero attached hydrogens (tertiary/aromatic N) is 1. The van der Waals surface area contributed by atoms with Crippen LogP contribution in [-0.4, -0.2) is 16.0 Å². The monoisotopic (exact) mass is 385 g/mol. The number of hydrogen-bond donors (Lipinski definition) is 1. The summed E-state index contributed by atoms with van der Waals surface area (Å²) in [5, 5.41) is 0. The van der Waals surface area contributed by atoms with Crippen LogP contribution in [-0.2, 0) is 21.4 Å². The number of aromatic nitrogens is 1. The SMILES string of the molecule is CC(C)(C)[SH+](=O)N[C@@H](c1ccc(C=O)cc1)c1ncccc1C(F)(F)F. The first kappa shape index (κ1) is 20.3. The van der Waals surface area contributed by atoms with E-state index in [0.717, 1.165) is 6.07 Å². The summed E-state index contributed by atoms with van der Waals surface area (Å²) in [5.41, 5.74) is -0.321. The molecule has 0 aliphatic carbocycles. The number of aldehydes is 1. The standard InChI is InChI=1S/C18H19F3N2O2S/c1-17(2,3)26(25)23-15(13-8-6-12(11-24)7-9-13)16-14(18(19,20)21)5-4-10-22-16/h4-11,15H,1-3H3,(H,23,25)/p+1/t15-,26?/m0/s1. The number of carbonyl (C=O) groups is 1. The molecule has 2 aromatic rings. The highest BCUT2D eigenvalue weighted by molar-refractivity contribution is 7.84. The van der Waals surface area contributed by atoms with Crippen molar-refractivity contribution in [1.82, 2.24) is 9.71 Å². The third-order valence-electron chi connectivity index (χ3n) is 3.68. The fraction of sp³-hybridized carbons (Fsp3) is 0.333. The number of nitrogens with one attached hydrogen (secondary N) is 1. The van der Waals surface area contributed by atoms with Crippen LogP contribution in [0.4, 0.5) is 13.2 Å². The number of pyridine rings is 1. The summed E-state index contributed by atoms with van der Waals surface area (Å²) in [7, 11) is -2.04. The van der Waals surface area contributed by atoms with Crippen LogP contribution in [0.1, 0.15) is 54.0 Å². The van der Waals surface area contributed by atoms with Gasteiger partial charge in [-0.05, 0) is 38.5 Å². The Bertz CT molecular complexity index is 799. The van der Waals surface area contributed by atoms with Gasteiger partial charge in [-0.15, -0.1) is 4.72 Å². The van der Waals surface area contributed by atoms with Gasteiger partial charge in [0.15, 0.2) is 0 Å². The molecule has 0 radical (unpaired) electrons. The summed E-state index contributed by atoms with van der Waals surface area (Å²) in [4.78, 5) is 14.7. The molecule has 0 aliphatic heterocycles. The van der Waals surface area contributed by atoms with E-state index in [4.69, 9.17) is 0 Å². The number of halogens is 3. The number of thiol groups is 1. The topological polar surface area (TPSA) is 59.1 Å². The van der Waals surface area contributed by atoms with Crippen molar-refractivity contribution in [1.29, 1.82) is 0 Å². The van der Waals surface area contributed by atoms with Gasteiger partial charge in [0.2, 0.25) is 0 Å². The van der Waals surface area contributed by atoms with E-state index in [0.29, 0.717) is 17.4 Å². The van der Waals surface area contributed by atoms with Gasteiger partial charge < -0.3 is 0 Å². The molecule has 1 heterocycles. The second-order valence-electron chi connectivity index (χ2n) is 6.75. The minimum Gasteiger partial charge on any atom is -0.298 e. The molecular weight excluding hydrogens is 365 g/mol. The van der Waals surface area contributed by atoms with Gasteiger partial charge >= 0.3 is 6.18 Å². The summed E-state index contributed by atoms with van der Waals surface area (Å²) in [6.07, 6.45) is -2.69. The lowest BCUT2D eigenvalue weighted by Gasteiger charge is -2.22. The number of hydrogen-bond acceptors (Lipinski definition) is 3. The minimum absolute atomic E-state index is 0.258. The van der Waals surface area contributed by atoms with Crippen LogP contribution in [0.15, 0.2) is 42.6 Å². The van der Waals surface area contributed by atoms with Crippen molar-refractivity contribution < 1.29 is 22.2 Å². The number of alkyl halides is 3. The van der Waals surface area contributed by atoms with Crippen LogP contribution in [0.25, 0.3) is 0 Å². The highest BCUT2D eigenvalue weighted by Crippen LogP contribution is 2.36. The minimum atomic E-state index is -4.60. The van der Waals surface area contributed by atoms with Gasteiger partial charge in [-0.25, -0.2) is 0 Å². The second-order valence-corrected chi connectivity index (χ2v) is 8.93. The van der Waals surface area contributed by atoms with Crippen LogP contribution >= 0.6 is 0 Å². The maximum absolute atomic E-state index is 13.4. The lowest BCUT2D eigenvalue weighted by Crippen LogP contribution is -2.36. The van der Waals surface area contributed by atoms with E-state index in [2.05, 4.69) is 9.71 Å². The molecule has 140 valence electrons. The van der Waals surface area contributed by atoms with Gasteiger partial charge in [0.25, 0.3) is 0 Å². The first-order valence-corrected chi connectivity index (χ1v) is 9.11. The fourth-order valence-electron chi connectivity index (χ4n) is 2.26. The Balaban J connectivity index is 2.57. The van der Waals surface area contributed by atoms with Crippen molar-refractivity contribution >= 4 is 17.3 Å². The van der Waals surface area contributed by atoms with Crippen LogP contribution < -0.4 is 4.72 Å². The Morgan fingerprint density at radius 2 is 1.73 bits per heavy atom. The normalized spacial score (nSPS) is 14.7. The molecule has 2 rings (SSSR count). The van der Waals surface area contributed by atoms with E-state index >= 15 is 0 Å². The molecule has 0 spiro atoms. The Hall–Kier alpha value is -2.06. The van der Waals surface area contributed by atoms with Crippen molar-refractivity contribution in [3.8, 4) is 0 Å². The van der Waals surface area contributed by atoms with Gasteiger partial charge in [-0.3, -0.25) is 9.78 Å². The third-order valence-corrected chi connectivity index (χ3v) is 5.39. The summed E-state index contributed by atoms with van der Waals surface area (Å²) in [6.45, 7) is 5.19. The van der Waals surface area contributed by atoms with Crippen LogP contribution in [0.3, 0.4) is 0 Å². The van der Waals surface area contributed by atoms with Gasteiger partial charge in [-0.1, -0.05) is 28.5 Å². The van der Waals surface area contributed by atoms with Crippen LogP contribution in [0, 0.1) is 0 Å². The molecule has 0 saturated heterocycles. The molecule has 4 nitrogen and oxygen atoms in total. The lowest BCUT2D eigenvalue weighted by molar-refractivity contribution is -0.138. The van der Waals surface area contributed by atoms with Crippen molar-refractivity contribution in [2.75, 3.05) is 0 Å². The van der Waals surface area contributed by atoms with E-state index in [-0.39, 0.29) is 5.69 Å². The average molecular weight is 385 g/mol. The predicted molar refractivity (Wildman–Crippen MR) is 95.2 cm³/mol. The van der Waals surface area contributed by atoms with E-state index < -0.39 is 33.5 Å². The number of benzene rings is 1. The highest BCUT2D eigenvalue weighted by Gasteiger charge is 2.39. The summed E-state index contributed by atoms with van der Waals surface area (Å²) < 4.78 is 55.0. The van der Waals surface area contributed by atoms with Crippen molar-refractivity contribution in [2.45, 2.75) is 37.7 Å². The molecule has 0 aliphatic rings. The van der Waals surface area contributed by atoms with E-state index in [1.807, 2.05) is 0 Å². The Labute approximate surface area is 152 Å². The zero-order valence-corrected chi connectivity index (χ0v) is 15.4. The molecule has 0 saturated carbocycles. The Kier molecular flexibility index (Phi) is 5.98. The molecule has 8 heteroatoms. The third kappa shape index (κ3) is 4.76. The average Bonchev–Trinajstić information content (AvgIpc) is 2.58. The predicted octanol–water partition coefficient (Wildman–Crippen LogP) is 4.00. The largest absolute Gasteiger partial charge is 0.418 e. The fourth-order valence-corrected chi connectivity index (χ4v) is 3.15. The summed E-state index contributed by atoms with van der Waals surface area (Å²) in [6, 6.07) is 7.18. The first-order valence-electron chi connectivity index (χ1n) is 7.85. The first-order chi connectivity index (χ1) is 12.0. The van der Waals surface area contributed by atoms with Crippen molar-refractivity contribution in [3.63, 3.8) is 0 Å². The highest BCUT2D eigenvalue weighted by atomic mass is 32.2. The van der Waals surface area contributed by atoms with Gasteiger partial charge in [0, 0.05) is 11.8 Å². The molecule has 0 bridgehead atoms. The zero-order chi connectivity index (χ0) is 19.5. The summed E-state index contributed by atoms with van der Waals surface area (Å²) in [5.74, 6) is 0. The smallest absolute Gasteiger partial charge is 0.298 e. The zero-order valence-electron chi connectivity index (χ0n) is 14.5. The molecule has 1 aromatic heterocycles. The van der Waals surface area contributed by atoms with Crippen molar-refractivity contribution in [2.24, 2.45) is 0 Å². The lowest BCUT2D eigenvalue weighted by atomic mass is 9.99. The molecule has 1 aromatic carbocycles. The molecule has 1 N–H and O–H groups in total. The quantitative estimate of drug-likeness (QED) is 0.481. The Morgan fingerprint density at radius 3 is 2.23 bits per heavy atom. The van der Waals surface area contributed by atoms with E-state index in [1.165, 1.54) is 36.5 Å². The van der Waals surface area contributed by atoms with Gasteiger partial charge in [0.1, 0.15) is 28.1 Å². The molecule has 26 heavy (non-hydrogen) atoms.